The third-order valence-electron chi connectivity index (χ3n) is 4.99. The number of carboxylic acid groups (broad SMARTS) is 1. The molecule has 1 rings (SSSR count). The average molecular weight is 444 g/mol. The monoisotopic (exact) mass is 443 g/mol. The number of aliphatic carboxylic acids is 1. The second-order valence-electron chi connectivity index (χ2n) is 8.21. The van der Waals surface area contributed by atoms with E-state index in [4.69, 9.17) is 8.92 Å². The third-order valence-corrected chi connectivity index (χ3v) is 6.26. The van der Waals surface area contributed by atoms with Crippen molar-refractivity contribution in [2.24, 2.45) is 11.3 Å². The number of hydrogen-bond acceptors (Lipinski definition) is 6. The average Bonchev–Trinajstić information content (AvgIpc) is 2.64. The van der Waals surface area contributed by atoms with E-state index in [2.05, 4.69) is 5.32 Å². The lowest BCUT2D eigenvalue weighted by Gasteiger charge is -2.45. The standard InChI is InChI=1S/C21H33NO7S/c1-16(2)21(19(24)25,28-14-18-10-7-6-8-11-18)20(4,5)15-29-30(26,27)13-9-12-22-17(3)23/h6-8,10-11,16H,9,12-15H2,1-5H3,(H,22,23)(H,24,25)/t21-/m0/s1. The Bertz CT molecular complexity index is 806. The first-order valence-electron chi connectivity index (χ1n) is 9.87. The van der Waals surface area contributed by atoms with Crippen LogP contribution in [0.4, 0.5) is 0 Å². The van der Waals surface area contributed by atoms with E-state index in [0.29, 0.717) is 0 Å². The molecule has 9 heteroatoms. The Labute approximate surface area is 179 Å². The van der Waals surface area contributed by atoms with Crippen molar-refractivity contribution >= 4 is 22.0 Å². The van der Waals surface area contributed by atoms with Crippen molar-refractivity contribution in [2.75, 3.05) is 18.9 Å². The first-order valence-corrected chi connectivity index (χ1v) is 11.4. The zero-order valence-electron chi connectivity index (χ0n) is 18.3. The van der Waals surface area contributed by atoms with Gasteiger partial charge in [0.15, 0.2) is 5.60 Å². The predicted molar refractivity (Wildman–Crippen MR) is 113 cm³/mol. The number of ether oxygens (including phenoxy) is 1. The van der Waals surface area contributed by atoms with Gasteiger partial charge in [-0.05, 0) is 17.9 Å². The number of hydrogen-bond donors (Lipinski definition) is 2. The Morgan fingerprint density at radius 2 is 1.77 bits per heavy atom. The quantitative estimate of drug-likeness (QED) is 0.355. The number of carbonyl (C=O) groups excluding carboxylic acids is 1. The molecule has 0 aliphatic rings. The molecule has 0 aliphatic carbocycles. The molecular formula is C21H33NO7S. The molecule has 0 unspecified atom stereocenters. The van der Waals surface area contributed by atoms with Gasteiger partial charge < -0.3 is 15.2 Å². The summed E-state index contributed by atoms with van der Waals surface area (Å²) in [5.41, 5.74) is -2.02. The van der Waals surface area contributed by atoms with Gasteiger partial charge in [0.25, 0.3) is 10.1 Å². The summed E-state index contributed by atoms with van der Waals surface area (Å²) in [6.45, 7) is 7.98. The Kier molecular flexibility index (Phi) is 9.45. The second-order valence-corrected chi connectivity index (χ2v) is 9.97. The summed E-state index contributed by atoms with van der Waals surface area (Å²) in [6.07, 6.45) is 0.196. The molecule has 0 bridgehead atoms. The summed E-state index contributed by atoms with van der Waals surface area (Å²) in [4.78, 5) is 23.2. The zero-order valence-corrected chi connectivity index (χ0v) is 19.1. The van der Waals surface area contributed by atoms with Gasteiger partial charge >= 0.3 is 5.97 Å². The predicted octanol–water partition coefficient (Wildman–Crippen LogP) is 2.58. The van der Waals surface area contributed by atoms with Gasteiger partial charge in [0.2, 0.25) is 5.91 Å². The summed E-state index contributed by atoms with van der Waals surface area (Å²) in [5.74, 6) is -2.16. The smallest absolute Gasteiger partial charge is 0.336 e. The number of amides is 1. The van der Waals surface area contributed by atoms with Crippen LogP contribution >= 0.6 is 0 Å². The number of carbonyl (C=O) groups is 2. The molecule has 0 radical (unpaired) electrons. The van der Waals surface area contributed by atoms with Gasteiger partial charge in [0.1, 0.15) is 0 Å². The Hall–Kier alpha value is -1.97. The fourth-order valence-electron chi connectivity index (χ4n) is 3.43. The van der Waals surface area contributed by atoms with Crippen molar-refractivity contribution in [2.45, 2.75) is 53.2 Å². The van der Waals surface area contributed by atoms with Gasteiger partial charge in [0, 0.05) is 18.9 Å². The van der Waals surface area contributed by atoms with Gasteiger partial charge in [-0.15, -0.1) is 0 Å². The van der Waals surface area contributed by atoms with Crippen molar-refractivity contribution in [1.82, 2.24) is 5.32 Å². The first-order chi connectivity index (χ1) is 13.8. The van der Waals surface area contributed by atoms with E-state index >= 15 is 0 Å². The maximum absolute atomic E-state index is 12.4. The topological polar surface area (TPSA) is 119 Å². The maximum atomic E-state index is 12.4. The van der Waals surface area contributed by atoms with Crippen molar-refractivity contribution < 1.29 is 32.0 Å². The van der Waals surface area contributed by atoms with Gasteiger partial charge in [-0.25, -0.2) is 4.79 Å². The second kappa shape index (κ2) is 10.9. The van der Waals surface area contributed by atoms with Crippen LogP contribution in [0, 0.1) is 11.3 Å². The summed E-state index contributed by atoms with van der Waals surface area (Å²) < 4.78 is 35.6. The van der Waals surface area contributed by atoms with Gasteiger partial charge in [-0.3, -0.25) is 8.98 Å². The SMILES string of the molecule is CC(=O)NCCCS(=O)(=O)OCC(C)(C)[C@@](OCc1ccccc1)(C(=O)O)C(C)C. The molecule has 1 atom stereocenters. The van der Waals surface area contributed by atoms with Crippen LogP contribution in [-0.4, -0.2) is 49.9 Å². The van der Waals surface area contributed by atoms with E-state index < -0.39 is 33.0 Å². The lowest BCUT2D eigenvalue weighted by atomic mass is 9.69. The number of carboxylic acids is 1. The molecule has 30 heavy (non-hydrogen) atoms. The van der Waals surface area contributed by atoms with Crippen molar-refractivity contribution in [3.05, 3.63) is 35.9 Å². The molecule has 0 aromatic heterocycles. The number of benzene rings is 1. The van der Waals surface area contributed by atoms with Crippen molar-refractivity contribution in [1.29, 1.82) is 0 Å². The van der Waals surface area contributed by atoms with Crippen LogP contribution < -0.4 is 5.32 Å². The highest BCUT2D eigenvalue weighted by Crippen LogP contribution is 2.42. The lowest BCUT2D eigenvalue weighted by Crippen LogP contribution is -2.59. The Balaban J connectivity index is 2.94. The number of nitrogens with one attached hydrogen (secondary N) is 1. The van der Waals surface area contributed by atoms with E-state index in [1.165, 1.54) is 6.92 Å². The molecule has 2 N–H and O–H groups in total. The molecule has 8 nitrogen and oxygen atoms in total. The van der Waals surface area contributed by atoms with Crippen molar-refractivity contribution in [3.8, 4) is 0 Å². The van der Waals surface area contributed by atoms with Crippen LogP contribution in [0.2, 0.25) is 0 Å². The molecule has 0 aliphatic heterocycles. The lowest BCUT2D eigenvalue weighted by molar-refractivity contribution is -0.204. The van der Waals surface area contributed by atoms with Crippen molar-refractivity contribution in [3.63, 3.8) is 0 Å². The third kappa shape index (κ3) is 7.07. The summed E-state index contributed by atoms with van der Waals surface area (Å²) in [6, 6.07) is 9.17. The van der Waals surface area contributed by atoms with Gasteiger partial charge in [-0.2, -0.15) is 8.42 Å². The molecule has 0 spiro atoms. The summed E-state index contributed by atoms with van der Waals surface area (Å²) in [5, 5.41) is 12.6. The minimum Gasteiger partial charge on any atom is -0.479 e. The molecule has 1 aromatic rings. The molecular weight excluding hydrogens is 410 g/mol. The van der Waals surface area contributed by atoms with Crippen LogP contribution in [0.5, 0.6) is 0 Å². The van der Waals surface area contributed by atoms with Crippen LogP contribution in [-0.2, 0) is 35.2 Å². The highest BCUT2D eigenvalue weighted by Gasteiger charge is 2.55. The molecule has 0 saturated carbocycles. The van der Waals surface area contributed by atoms with E-state index in [9.17, 15) is 23.1 Å². The van der Waals surface area contributed by atoms with Crippen LogP contribution in [0.1, 0.15) is 46.6 Å². The van der Waals surface area contributed by atoms with E-state index in [1.807, 2.05) is 30.3 Å². The molecule has 0 heterocycles. The summed E-state index contributed by atoms with van der Waals surface area (Å²) >= 11 is 0. The largest absolute Gasteiger partial charge is 0.479 e. The van der Waals surface area contributed by atoms with Gasteiger partial charge in [0.05, 0.1) is 19.0 Å². The van der Waals surface area contributed by atoms with E-state index in [1.54, 1.807) is 27.7 Å². The Morgan fingerprint density at radius 1 is 1.17 bits per heavy atom. The minimum absolute atomic E-state index is 0.0677. The van der Waals surface area contributed by atoms with Crippen LogP contribution in [0.3, 0.4) is 0 Å². The fraction of sp³-hybridized carbons (Fsp3) is 0.619. The minimum atomic E-state index is -3.89. The molecule has 1 amide bonds. The van der Waals surface area contributed by atoms with Crippen LogP contribution in [0.15, 0.2) is 30.3 Å². The van der Waals surface area contributed by atoms with Gasteiger partial charge in [-0.1, -0.05) is 58.0 Å². The van der Waals surface area contributed by atoms with E-state index in [0.717, 1.165) is 5.56 Å². The fourth-order valence-corrected chi connectivity index (χ4v) is 4.52. The number of rotatable bonds is 13. The molecule has 0 fully saturated rings. The maximum Gasteiger partial charge on any atom is 0.336 e. The summed E-state index contributed by atoms with van der Waals surface area (Å²) in [7, 11) is -3.89. The van der Waals surface area contributed by atoms with Crippen LogP contribution in [0.25, 0.3) is 0 Å². The highest BCUT2D eigenvalue weighted by molar-refractivity contribution is 7.86. The normalized spacial score (nSPS) is 14.3. The molecule has 1 aromatic carbocycles. The highest BCUT2D eigenvalue weighted by atomic mass is 32.2. The molecule has 170 valence electrons. The first kappa shape index (κ1) is 26.1. The Morgan fingerprint density at radius 3 is 2.27 bits per heavy atom. The molecule has 0 saturated heterocycles. The van der Waals surface area contributed by atoms with E-state index in [-0.39, 0.29) is 37.8 Å². The zero-order chi connectivity index (χ0) is 23.0.